The van der Waals surface area contributed by atoms with Gasteiger partial charge in [-0.3, -0.25) is 9.59 Å². The molecular formula is C12H23BCl2N2O4. The molecule has 2 N–H and O–H groups in total. The molecule has 0 rings (SSSR count). The van der Waals surface area contributed by atoms with Crippen molar-refractivity contribution in [3.8, 4) is 0 Å². The van der Waals surface area contributed by atoms with Crippen molar-refractivity contribution in [3.05, 3.63) is 0 Å². The molecule has 0 saturated heterocycles. The van der Waals surface area contributed by atoms with Crippen molar-refractivity contribution < 1.29 is 18.9 Å². The van der Waals surface area contributed by atoms with Crippen LogP contribution in [0.1, 0.15) is 40.5 Å². The lowest BCUT2D eigenvalue weighted by Crippen LogP contribution is -2.38. The molecule has 0 aliphatic rings. The van der Waals surface area contributed by atoms with Gasteiger partial charge in [-0.25, -0.2) is 9.67 Å². The highest BCUT2D eigenvalue weighted by Crippen LogP contribution is 2.08. The number of hydrogen-bond acceptors (Lipinski definition) is 6. The molecule has 6 nitrogen and oxygen atoms in total. The van der Waals surface area contributed by atoms with E-state index in [0.29, 0.717) is 12.8 Å². The molecule has 0 aromatic carbocycles. The fourth-order valence-corrected chi connectivity index (χ4v) is 2.02. The minimum Gasteiger partial charge on any atom is -0.501 e. The second-order valence-corrected chi connectivity index (χ2v) is 6.06. The van der Waals surface area contributed by atoms with Crippen LogP contribution in [0.25, 0.3) is 0 Å². The molecule has 0 fully saturated rings. The van der Waals surface area contributed by atoms with Crippen molar-refractivity contribution >= 4 is 43.2 Å². The number of halogens is 2. The van der Waals surface area contributed by atoms with Gasteiger partial charge in [0.2, 0.25) is 0 Å². The fourth-order valence-electron chi connectivity index (χ4n) is 1.66. The minimum atomic E-state index is -0.636. The van der Waals surface area contributed by atoms with Crippen LogP contribution in [0.2, 0.25) is 0 Å². The monoisotopic (exact) mass is 340 g/mol. The molecule has 21 heavy (non-hydrogen) atoms. The van der Waals surface area contributed by atoms with Crippen LogP contribution in [-0.2, 0) is 18.9 Å². The quantitative estimate of drug-likeness (QED) is 0.465. The smallest absolute Gasteiger partial charge is 0.501 e. The summed E-state index contributed by atoms with van der Waals surface area (Å²) in [5, 5.41) is 0. The van der Waals surface area contributed by atoms with E-state index in [0.717, 1.165) is 0 Å². The topological polar surface area (TPSA) is 76.7 Å². The highest BCUT2D eigenvalue weighted by molar-refractivity contribution is 6.27. The second kappa shape index (κ2) is 11.1. The molecule has 0 heterocycles. The van der Waals surface area contributed by atoms with E-state index < -0.39 is 31.7 Å². The van der Waals surface area contributed by atoms with Gasteiger partial charge >= 0.3 is 19.6 Å². The summed E-state index contributed by atoms with van der Waals surface area (Å²) in [4.78, 5) is 28.1. The summed E-state index contributed by atoms with van der Waals surface area (Å²) in [7, 11) is -0.460. The van der Waals surface area contributed by atoms with Crippen LogP contribution in [0.15, 0.2) is 0 Å². The summed E-state index contributed by atoms with van der Waals surface area (Å²) in [6.45, 7) is 7.82. The molecule has 0 amide bonds. The second-order valence-electron chi connectivity index (χ2n) is 5.63. The van der Waals surface area contributed by atoms with Gasteiger partial charge in [0.1, 0.15) is 12.1 Å². The van der Waals surface area contributed by atoms with Crippen molar-refractivity contribution in [2.45, 2.75) is 52.6 Å². The zero-order chi connectivity index (χ0) is 16.4. The van der Waals surface area contributed by atoms with Gasteiger partial charge in [-0.1, -0.05) is 27.7 Å². The van der Waals surface area contributed by atoms with Gasteiger partial charge in [0.15, 0.2) is 0 Å². The maximum absolute atomic E-state index is 11.7. The van der Waals surface area contributed by atoms with Crippen LogP contribution in [0.4, 0.5) is 0 Å². The van der Waals surface area contributed by atoms with Gasteiger partial charge in [0, 0.05) is 0 Å². The van der Waals surface area contributed by atoms with Crippen LogP contribution < -0.4 is 9.67 Å². The lowest BCUT2D eigenvalue weighted by Gasteiger charge is -2.17. The first-order valence-electron chi connectivity index (χ1n) is 6.87. The predicted octanol–water partition coefficient (Wildman–Crippen LogP) is 1.66. The number of hydrogen-bond donors (Lipinski definition) is 2. The van der Waals surface area contributed by atoms with Crippen molar-refractivity contribution in [2.75, 3.05) is 0 Å². The highest BCUT2D eigenvalue weighted by Gasteiger charge is 2.24. The maximum atomic E-state index is 11.7. The zero-order valence-electron chi connectivity index (χ0n) is 12.8. The average Bonchev–Trinajstić information content (AvgIpc) is 2.41. The van der Waals surface area contributed by atoms with E-state index >= 15 is 0 Å². The molecule has 0 aliphatic carbocycles. The standard InChI is InChI=1S/C12H23BCl2N2O4/c1-7(2)5-9(16-14)11(18)20-13-21-12(19)10(17-15)6-8(3)4/h7-10,13,16-17H,5-6H2,1-4H3/t9-,10-/m0/s1. The molecule has 0 unspecified atom stereocenters. The molecule has 0 bridgehead atoms. The van der Waals surface area contributed by atoms with Gasteiger partial charge in [-0.05, 0) is 48.2 Å². The van der Waals surface area contributed by atoms with Crippen LogP contribution >= 0.6 is 23.6 Å². The number of nitrogens with one attached hydrogen (secondary N) is 2. The van der Waals surface area contributed by atoms with E-state index in [4.69, 9.17) is 32.9 Å². The average molecular weight is 341 g/mol. The minimum absolute atomic E-state index is 0.271. The molecule has 0 radical (unpaired) electrons. The largest absolute Gasteiger partial charge is 0.580 e. The molecule has 122 valence electrons. The third kappa shape index (κ3) is 9.19. The fraction of sp³-hybridized carbons (Fsp3) is 0.833. The third-order valence-corrected chi connectivity index (χ3v) is 3.18. The Labute approximate surface area is 136 Å². The SMILES string of the molecule is CC(C)C[C@H](NCl)C(=O)OBOC(=O)[C@H](CC(C)C)NCl. The van der Waals surface area contributed by atoms with Crippen LogP contribution in [0, 0.1) is 11.8 Å². The predicted molar refractivity (Wildman–Crippen MR) is 83.8 cm³/mol. The number of rotatable bonds is 10. The van der Waals surface area contributed by atoms with E-state index in [1.807, 2.05) is 27.7 Å². The van der Waals surface area contributed by atoms with E-state index in [9.17, 15) is 9.59 Å². The maximum Gasteiger partial charge on any atom is 0.580 e. The van der Waals surface area contributed by atoms with E-state index in [1.165, 1.54) is 0 Å². The van der Waals surface area contributed by atoms with Gasteiger partial charge in [-0.15, -0.1) is 0 Å². The Hall–Kier alpha value is -0.495. The first-order valence-corrected chi connectivity index (χ1v) is 7.62. The summed E-state index contributed by atoms with van der Waals surface area (Å²) in [6.07, 6.45) is 1.05. The third-order valence-electron chi connectivity index (χ3n) is 2.65. The lowest BCUT2D eigenvalue weighted by molar-refractivity contribution is -0.141. The molecule has 0 aromatic heterocycles. The van der Waals surface area contributed by atoms with Gasteiger partial charge in [0.05, 0.1) is 0 Å². The normalized spacial score (nSPS) is 13.9. The molecule has 9 heteroatoms. The summed E-state index contributed by atoms with van der Waals surface area (Å²) >= 11 is 11.0. The van der Waals surface area contributed by atoms with Crippen LogP contribution in [0.3, 0.4) is 0 Å². The Morgan fingerprint density at radius 3 is 1.48 bits per heavy atom. The van der Waals surface area contributed by atoms with E-state index in [-0.39, 0.29) is 11.8 Å². The van der Waals surface area contributed by atoms with Crippen LogP contribution in [0.5, 0.6) is 0 Å². The lowest BCUT2D eigenvalue weighted by atomic mass is 10.0. The van der Waals surface area contributed by atoms with Crippen molar-refractivity contribution in [3.63, 3.8) is 0 Å². The molecule has 0 aromatic rings. The highest BCUT2D eigenvalue weighted by atomic mass is 35.5. The van der Waals surface area contributed by atoms with E-state index in [1.54, 1.807) is 0 Å². The summed E-state index contributed by atoms with van der Waals surface area (Å²) in [5.41, 5.74) is 0. The Morgan fingerprint density at radius 2 is 1.24 bits per heavy atom. The van der Waals surface area contributed by atoms with Crippen molar-refractivity contribution in [1.29, 1.82) is 0 Å². The van der Waals surface area contributed by atoms with Crippen LogP contribution in [-0.4, -0.2) is 31.7 Å². The van der Waals surface area contributed by atoms with Gasteiger partial charge in [0.25, 0.3) is 0 Å². The molecule has 2 atom stereocenters. The Balaban J connectivity index is 4.16. The first-order chi connectivity index (χ1) is 9.81. The number of carbonyl (C=O) groups excluding carboxylic acids is 2. The summed E-state index contributed by atoms with van der Waals surface area (Å²) in [5.74, 6) is -0.587. The molecular weight excluding hydrogens is 318 g/mol. The molecule has 0 spiro atoms. The molecule has 0 saturated carbocycles. The summed E-state index contributed by atoms with van der Waals surface area (Å²) in [6, 6.07) is -1.27. The van der Waals surface area contributed by atoms with E-state index in [2.05, 4.69) is 9.67 Å². The Bertz CT molecular complexity index is 302. The number of carbonyl (C=O) groups is 2. The van der Waals surface area contributed by atoms with Gasteiger partial charge in [-0.2, -0.15) is 0 Å². The Morgan fingerprint density at radius 1 is 0.905 bits per heavy atom. The Kier molecular flexibility index (Phi) is 10.9. The molecule has 0 aliphatic heterocycles. The first kappa shape index (κ1) is 20.5. The summed E-state index contributed by atoms with van der Waals surface area (Å²) < 4.78 is 9.73. The van der Waals surface area contributed by atoms with Gasteiger partial charge < -0.3 is 9.31 Å². The zero-order valence-corrected chi connectivity index (χ0v) is 14.3. The van der Waals surface area contributed by atoms with Crippen molar-refractivity contribution in [1.82, 2.24) is 9.67 Å². The van der Waals surface area contributed by atoms with Crippen molar-refractivity contribution in [2.24, 2.45) is 11.8 Å².